The standard InChI is InChI=1S/C17H31N3O.2ClH/c18-16-6-4-2-1-3-5-15(16)17(21)20-9-7-13-11-19-12-14(13)8-10-20;;/h13-16,19H,1-12,18H2;2*1H/t13-,14+,15?,16?;;. The maximum atomic E-state index is 12.9. The number of amides is 1. The summed E-state index contributed by atoms with van der Waals surface area (Å²) in [5.41, 5.74) is 6.33. The van der Waals surface area contributed by atoms with Gasteiger partial charge >= 0.3 is 0 Å². The number of hydrogen-bond acceptors (Lipinski definition) is 3. The monoisotopic (exact) mass is 365 g/mol. The van der Waals surface area contributed by atoms with Gasteiger partial charge in [0.15, 0.2) is 0 Å². The molecule has 0 aromatic heterocycles. The molecular formula is C17H33Cl2N3O. The zero-order chi connectivity index (χ0) is 14.7. The van der Waals surface area contributed by atoms with Gasteiger partial charge in [0.1, 0.15) is 0 Å². The maximum Gasteiger partial charge on any atom is 0.227 e. The van der Waals surface area contributed by atoms with Gasteiger partial charge < -0.3 is 16.0 Å². The molecule has 136 valence electrons. The molecule has 4 nitrogen and oxygen atoms in total. The molecule has 0 radical (unpaired) electrons. The first-order valence-corrected chi connectivity index (χ1v) is 9.01. The summed E-state index contributed by atoms with van der Waals surface area (Å²) in [5.74, 6) is 2.02. The Morgan fingerprint density at radius 1 is 0.870 bits per heavy atom. The Bertz CT molecular complexity index is 356. The van der Waals surface area contributed by atoms with Crippen LogP contribution in [0.25, 0.3) is 0 Å². The van der Waals surface area contributed by atoms with E-state index in [1.54, 1.807) is 0 Å². The minimum atomic E-state index is 0. The van der Waals surface area contributed by atoms with Crippen molar-refractivity contribution in [2.45, 2.75) is 57.4 Å². The smallest absolute Gasteiger partial charge is 0.227 e. The molecule has 4 atom stereocenters. The summed E-state index contributed by atoms with van der Waals surface area (Å²) in [5, 5.41) is 3.50. The number of rotatable bonds is 1. The second-order valence-electron chi connectivity index (χ2n) is 7.34. The predicted molar refractivity (Wildman–Crippen MR) is 99.3 cm³/mol. The first kappa shape index (κ1) is 21.0. The van der Waals surface area contributed by atoms with Crippen LogP contribution >= 0.6 is 24.8 Å². The normalized spacial score (nSPS) is 34.9. The number of hydrogen-bond donors (Lipinski definition) is 2. The first-order valence-electron chi connectivity index (χ1n) is 9.01. The van der Waals surface area contributed by atoms with Crippen LogP contribution in [0.3, 0.4) is 0 Å². The summed E-state index contributed by atoms with van der Waals surface area (Å²) in [6.45, 7) is 4.20. The van der Waals surface area contributed by atoms with Crippen molar-refractivity contribution in [1.29, 1.82) is 0 Å². The average Bonchev–Trinajstić information content (AvgIpc) is 2.81. The molecule has 0 spiro atoms. The van der Waals surface area contributed by atoms with Gasteiger partial charge in [0.25, 0.3) is 0 Å². The quantitative estimate of drug-likeness (QED) is 0.750. The van der Waals surface area contributed by atoms with Crippen molar-refractivity contribution in [1.82, 2.24) is 10.2 Å². The van der Waals surface area contributed by atoms with Crippen molar-refractivity contribution in [2.75, 3.05) is 26.2 Å². The Labute approximate surface area is 153 Å². The first-order chi connectivity index (χ1) is 10.3. The molecule has 3 aliphatic rings. The van der Waals surface area contributed by atoms with Crippen LogP contribution in [0.4, 0.5) is 0 Å². The lowest BCUT2D eigenvalue weighted by atomic mass is 9.86. The van der Waals surface area contributed by atoms with Gasteiger partial charge in [-0.05, 0) is 50.6 Å². The summed E-state index contributed by atoms with van der Waals surface area (Å²) in [6, 6.07) is 0.0854. The summed E-state index contributed by atoms with van der Waals surface area (Å²) >= 11 is 0. The van der Waals surface area contributed by atoms with Crippen molar-refractivity contribution < 1.29 is 4.79 Å². The number of nitrogens with two attached hydrogens (primary N) is 1. The van der Waals surface area contributed by atoms with Gasteiger partial charge in [-0.25, -0.2) is 0 Å². The SMILES string of the molecule is Cl.Cl.NC1CCCCCCC1C(=O)N1CC[C@@H]2CNC[C@@H]2CC1. The zero-order valence-electron chi connectivity index (χ0n) is 14.0. The van der Waals surface area contributed by atoms with Crippen molar-refractivity contribution >= 4 is 30.7 Å². The number of halogens is 2. The van der Waals surface area contributed by atoms with E-state index >= 15 is 0 Å². The van der Waals surface area contributed by atoms with E-state index in [-0.39, 0.29) is 36.8 Å². The summed E-state index contributed by atoms with van der Waals surface area (Å²) in [4.78, 5) is 15.1. The van der Waals surface area contributed by atoms with Gasteiger partial charge in [0, 0.05) is 19.1 Å². The molecule has 1 saturated carbocycles. The summed E-state index contributed by atoms with van der Waals surface area (Å²) in [6.07, 6.45) is 9.30. The van der Waals surface area contributed by atoms with E-state index in [0.29, 0.717) is 5.91 Å². The summed E-state index contributed by atoms with van der Waals surface area (Å²) in [7, 11) is 0. The zero-order valence-corrected chi connectivity index (χ0v) is 15.7. The van der Waals surface area contributed by atoms with Crippen LogP contribution in [0.2, 0.25) is 0 Å². The molecule has 0 aromatic rings. The maximum absolute atomic E-state index is 12.9. The molecule has 2 saturated heterocycles. The Hall–Kier alpha value is -0.0300. The Morgan fingerprint density at radius 3 is 2.04 bits per heavy atom. The van der Waals surface area contributed by atoms with Crippen LogP contribution in [0.15, 0.2) is 0 Å². The van der Waals surface area contributed by atoms with E-state index < -0.39 is 0 Å². The van der Waals surface area contributed by atoms with E-state index in [9.17, 15) is 4.79 Å². The molecule has 0 bridgehead atoms. The fraction of sp³-hybridized carbons (Fsp3) is 0.941. The number of nitrogens with zero attached hydrogens (tertiary/aromatic N) is 1. The van der Waals surface area contributed by atoms with Gasteiger partial charge in [0.2, 0.25) is 5.91 Å². The highest BCUT2D eigenvalue weighted by Gasteiger charge is 2.35. The molecule has 0 aromatic carbocycles. The molecule has 2 heterocycles. The van der Waals surface area contributed by atoms with Crippen LogP contribution in [0.1, 0.15) is 51.4 Å². The summed E-state index contributed by atoms with van der Waals surface area (Å²) < 4.78 is 0. The third-order valence-corrected chi connectivity index (χ3v) is 5.97. The van der Waals surface area contributed by atoms with Gasteiger partial charge in [-0.2, -0.15) is 0 Å². The lowest BCUT2D eigenvalue weighted by Gasteiger charge is -2.31. The Morgan fingerprint density at radius 2 is 1.43 bits per heavy atom. The van der Waals surface area contributed by atoms with E-state index in [1.807, 2.05) is 0 Å². The second kappa shape index (κ2) is 10.1. The highest BCUT2D eigenvalue weighted by atomic mass is 35.5. The average molecular weight is 366 g/mol. The molecule has 23 heavy (non-hydrogen) atoms. The molecular weight excluding hydrogens is 333 g/mol. The van der Waals surface area contributed by atoms with E-state index in [4.69, 9.17) is 5.73 Å². The number of carbonyl (C=O) groups excluding carboxylic acids is 1. The third-order valence-electron chi connectivity index (χ3n) is 5.97. The topological polar surface area (TPSA) is 58.4 Å². The Kier molecular flexibility index (Phi) is 9.20. The lowest BCUT2D eigenvalue weighted by Crippen LogP contribution is -2.45. The third kappa shape index (κ3) is 5.22. The minimum Gasteiger partial charge on any atom is -0.342 e. The number of likely N-dealkylation sites (tertiary alicyclic amines) is 1. The Balaban J connectivity index is 0.00000132. The predicted octanol–water partition coefficient (Wildman–Crippen LogP) is 2.59. The van der Waals surface area contributed by atoms with Gasteiger partial charge in [-0.3, -0.25) is 4.79 Å². The van der Waals surface area contributed by atoms with E-state index in [2.05, 4.69) is 10.2 Å². The number of carbonyl (C=O) groups is 1. The van der Waals surface area contributed by atoms with Gasteiger partial charge in [-0.15, -0.1) is 24.8 Å². The van der Waals surface area contributed by atoms with Gasteiger partial charge in [0.05, 0.1) is 5.92 Å². The molecule has 3 fully saturated rings. The van der Waals surface area contributed by atoms with Crippen LogP contribution < -0.4 is 11.1 Å². The van der Waals surface area contributed by atoms with Crippen molar-refractivity contribution in [3.8, 4) is 0 Å². The molecule has 2 unspecified atom stereocenters. The molecule has 3 rings (SSSR count). The van der Waals surface area contributed by atoms with Crippen molar-refractivity contribution in [2.24, 2.45) is 23.5 Å². The number of fused-ring (bicyclic) bond motifs is 1. The highest BCUT2D eigenvalue weighted by Crippen LogP contribution is 2.29. The molecule has 1 aliphatic carbocycles. The largest absolute Gasteiger partial charge is 0.342 e. The second-order valence-corrected chi connectivity index (χ2v) is 7.34. The minimum absolute atomic E-state index is 0. The van der Waals surface area contributed by atoms with Crippen LogP contribution in [0.5, 0.6) is 0 Å². The fourth-order valence-corrected chi connectivity index (χ4v) is 4.49. The highest BCUT2D eigenvalue weighted by molar-refractivity contribution is 5.85. The number of nitrogens with one attached hydrogen (secondary N) is 1. The van der Waals surface area contributed by atoms with E-state index in [1.165, 1.54) is 38.5 Å². The molecule has 1 amide bonds. The molecule has 3 N–H and O–H groups in total. The van der Waals surface area contributed by atoms with Crippen LogP contribution in [-0.4, -0.2) is 43.0 Å². The lowest BCUT2D eigenvalue weighted by molar-refractivity contribution is -0.136. The van der Waals surface area contributed by atoms with Gasteiger partial charge in [-0.1, -0.05) is 25.7 Å². The van der Waals surface area contributed by atoms with Crippen molar-refractivity contribution in [3.63, 3.8) is 0 Å². The fourth-order valence-electron chi connectivity index (χ4n) is 4.49. The van der Waals surface area contributed by atoms with E-state index in [0.717, 1.165) is 50.9 Å². The van der Waals surface area contributed by atoms with Crippen LogP contribution in [-0.2, 0) is 4.79 Å². The van der Waals surface area contributed by atoms with Crippen molar-refractivity contribution in [3.05, 3.63) is 0 Å². The molecule has 6 heteroatoms. The molecule has 2 aliphatic heterocycles. The van der Waals surface area contributed by atoms with Crippen LogP contribution in [0, 0.1) is 17.8 Å².